The second-order valence-electron chi connectivity index (χ2n) is 5.55. The van der Waals surface area contributed by atoms with E-state index in [0.717, 1.165) is 37.3 Å². The molecule has 1 atom stereocenters. The van der Waals surface area contributed by atoms with Gasteiger partial charge in [-0.2, -0.15) is 0 Å². The topological polar surface area (TPSA) is 62.3 Å². The maximum absolute atomic E-state index is 12.9. The lowest BCUT2D eigenvalue weighted by Crippen LogP contribution is -2.47. The van der Waals surface area contributed by atoms with Gasteiger partial charge in [0.15, 0.2) is 0 Å². The van der Waals surface area contributed by atoms with Crippen LogP contribution in [0.2, 0.25) is 0 Å². The van der Waals surface area contributed by atoms with E-state index in [2.05, 4.69) is 14.6 Å². The average Bonchev–Trinajstić information content (AvgIpc) is 2.56. The Bertz CT molecular complexity index is 751. The lowest BCUT2D eigenvalue weighted by molar-refractivity contribution is 0.464. The van der Waals surface area contributed by atoms with E-state index in [-0.39, 0.29) is 10.9 Å². The summed E-state index contributed by atoms with van der Waals surface area (Å²) in [6.07, 6.45) is 3.37. The first kappa shape index (κ1) is 15.9. The SMILES string of the molecule is O=S(=O)(NC1CCCN(c2ccccn2)C1)c1ccc(F)cc1. The molecule has 122 valence electrons. The Morgan fingerprint density at radius 3 is 2.65 bits per heavy atom. The predicted octanol–water partition coefficient (Wildman–Crippen LogP) is 2.17. The van der Waals surface area contributed by atoms with Crippen molar-refractivity contribution in [2.45, 2.75) is 23.8 Å². The van der Waals surface area contributed by atoms with Gasteiger partial charge < -0.3 is 4.90 Å². The molecule has 1 aliphatic heterocycles. The molecule has 1 unspecified atom stereocenters. The molecule has 1 aliphatic rings. The molecule has 3 rings (SSSR count). The second kappa shape index (κ2) is 6.64. The first-order valence-electron chi connectivity index (χ1n) is 7.48. The third-order valence-electron chi connectivity index (χ3n) is 3.84. The molecular formula is C16H18FN3O2S. The van der Waals surface area contributed by atoms with Crippen molar-refractivity contribution in [3.8, 4) is 0 Å². The molecule has 1 aromatic heterocycles. The van der Waals surface area contributed by atoms with E-state index >= 15 is 0 Å². The van der Waals surface area contributed by atoms with Gasteiger partial charge in [0.2, 0.25) is 10.0 Å². The number of nitrogens with one attached hydrogen (secondary N) is 1. The van der Waals surface area contributed by atoms with Crippen LogP contribution in [-0.4, -0.2) is 32.5 Å². The number of rotatable bonds is 4. The lowest BCUT2D eigenvalue weighted by atomic mass is 10.1. The van der Waals surface area contributed by atoms with Crippen LogP contribution in [0.15, 0.2) is 53.6 Å². The van der Waals surface area contributed by atoms with Crippen LogP contribution in [-0.2, 0) is 10.0 Å². The van der Waals surface area contributed by atoms with Crippen molar-refractivity contribution < 1.29 is 12.8 Å². The van der Waals surface area contributed by atoms with Crippen molar-refractivity contribution in [3.05, 3.63) is 54.5 Å². The molecule has 5 nitrogen and oxygen atoms in total. The fourth-order valence-electron chi connectivity index (χ4n) is 2.72. The fourth-order valence-corrected chi connectivity index (χ4v) is 3.99. The van der Waals surface area contributed by atoms with Crippen LogP contribution in [0.3, 0.4) is 0 Å². The summed E-state index contributed by atoms with van der Waals surface area (Å²) < 4.78 is 40.4. The van der Waals surface area contributed by atoms with Gasteiger partial charge in [0, 0.05) is 25.3 Å². The summed E-state index contributed by atoms with van der Waals surface area (Å²) in [5.41, 5.74) is 0. The number of piperidine rings is 1. The second-order valence-corrected chi connectivity index (χ2v) is 7.26. The molecule has 0 saturated carbocycles. The maximum atomic E-state index is 12.9. The number of aromatic nitrogens is 1. The van der Waals surface area contributed by atoms with E-state index in [9.17, 15) is 12.8 Å². The highest BCUT2D eigenvalue weighted by molar-refractivity contribution is 7.89. The first-order valence-corrected chi connectivity index (χ1v) is 8.97. The number of nitrogens with zero attached hydrogens (tertiary/aromatic N) is 2. The molecule has 2 heterocycles. The molecule has 0 amide bonds. The zero-order chi connectivity index (χ0) is 16.3. The minimum Gasteiger partial charge on any atom is -0.355 e. The zero-order valence-electron chi connectivity index (χ0n) is 12.5. The average molecular weight is 335 g/mol. The highest BCUT2D eigenvalue weighted by atomic mass is 32.2. The summed E-state index contributed by atoms with van der Waals surface area (Å²) in [4.78, 5) is 6.46. The molecule has 0 spiro atoms. The van der Waals surface area contributed by atoms with Crippen molar-refractivity contribution in [2.75, 3.05) is 18.0 Å². The van der Waals surface area contributed by atoms with Crippen molar-refractivity contribution in [1.82, 2.24) is 9.71 Å². The molecular weight excluding hydrogens is 317 g/mol. The summed E-state index contributed by atoms with van der Waals surface area (Å²) in [6.45, 7) is 1.42. The van der Waals surface area contributed by atoms with Crippen LogP contribution in [0.1, 0.15) is 12.8 Å². The van der Waals surface area contributed by atoms with Crippen LogP contribution in [0.25, 0.3) is 0 Å². The van der Waals surface area contributed by atoms with Crippen molar-refractivity contribution in [1.29, 1.82) is 0 Å². The Balaban J connectivity index is 1.71. The van der Waals surface area contributed by atoms with Gasteiger partial charge in [-0.15, -0.1) is 0 Å². The van der Waals surface area contributed by atoms with Crippen LogP contribution in [0.4, 0.5) is 10.2 Å². The highest BCUT2D eigenvalue weighted by Gasteiger charge is 2.25. The van der Waals surface area contributed by atoms with Gasteiger partial charge in [-0.25, -0.2) is 22.5 Å². The van der Waals surface area contributed by atoms with Crippen LogP contribution >= 0.6 is 0 Å². The molecule has 7 heteroatoms. The monoisotopic (exact) mass is 335 g/mol. The molecule has 1 fully saturated rings. The Morgan fingerprint density at radius 1 is 1.17 bits per heavy atom. The van der Waals surface area contributed by atoms with Gasteiger partial charge in [-0.1, -0.05) is 6.07 Å². The molecule has 0 radical (unpaired) electrons. The molecule has 1 N–H and O–H groups in total. The lowest BCUT2D eigenvalue weighted by Gasteiger charge is -2.33. The largest absolute Gasteiger partial charge is 0.355 e. The fraction of sp³-hybridized carbons (Fsp3) is 0.312. The molecule has 23 heavy (non-hydrogen) atoms. The van der Waals surface area contributed by atoms with Gasteiger partial charge in [0.25, 0.3) is 0 Å². The predicted molar refractivity (Wildman–Crippen MR) is 86.2 cm³/mol. The van der Waals surface area contributed by atoms with E-state index in [1.54, 1.807) is 6.20 Å². The molecule has 1 saturated heterocycles. The Kier molecular flexibility index (Phi) is 4.58. The highest BCUT2D eigenvalue weighted by Crippen LogP contribution is 2.19. The van der Waals surface area contributed by atoms with Gasteiger partial charge in [-0.05, 0) is 49.2 Å². The van der Waals surface area contributed by atoms with Crippen molar-refractivity contribution >= 4 is 15.8 Å². The summed E-state index contributed by atoms with van der Waals surface area (Å²) in [5, 5.41) is 0. The number of halogens is 1. The van der Waals surface area contributed by atoms with Crippen LogP contribution < -0.4 is 9.62 Å². The summed E-state index contributed by atoms with van der Waals surface area (Å²) in [6, 6.07) is 10.3. The zero-order valence-corrected chi connectivity index (χ0v) is 13.3. The Morgan fingerprint density at radius 2 is 1.96 bits per heavy atom. The van der Waals surface area contributed by atoms with E-state index in [4.69, 9.17) is 0 Å². The van der Waals surface area contributed by atoms with E-state index in [1.165, 1.54) is 12.1 Å². The number of hydrogen-bond donors (Lipinski definition) is 1. The number of sulfonamides is 1. The van der Waals surface area contributed by atoms with Gasteiger partial charge in [-0.3, -0.25) is 0 Å². The molecule has 0 aliphatic carbocycles. The number of anilines is 1. The van der Waals surface area contributed by atoms with E-state index < -0.39 is 15.8 Å². The van der Waals surface area contributed by atoms with Crippen molar-refractivity contribution in [2.24, 2.45) is 0 Å². The normalized spacial score (nSPS) is 18.8. The smallest absolute Gasteiger partial charge is 0.240 e. The van der Waals surface area contributed by atoms with Gasteiger partial charge >= 0.3 is 0 Å². The third-order valence-corrected chi connectivity index (χ3v) is 5.38. The maximum Gasteiger partial charge on any atom is 0.240 e. The van der Waals surface area contributed by atoms with E-state index in [1.807, 2.05) is 18.2 Å². The minimum atomic E-state index is -3.65. The molecule has 2 aromatic rings. The van der Waals surface area contributed by atoms with Gasteiger partial charge in [0.1, 0.15) is 11.6 Å². The van der Waals surface area contributed by atoms with E-state index in [0.29, 0.717) is 6.54 Å². The Labute approximate surface area is 135 Å². The number of benzene rings is 1. The standard InChI is InChI=1S/C16H18FN3O2S/c17-13-6-8-15(9-7-13)23(21,22)19-14-4-3-11-20(12-14)16-5-1-2-10-18-16/h1-2,5-10,14,19H,3-4,11-12H2. The number of hydrogen-bond acceptors (Lipinski definition) is 4. The number of pyridine rings is 1. The first-order chi connectivity index (χ1) is 11.0. The summed E-state index contributed by atoms with van der Waals surface area (Å²) >= 11 is 0. The third kappa shape index (κ3) is 3.86. The van der Waals surface area contributed by atoms with Crippen LogP contribution in [0, 0.1) is 5.82 Å². The summed E-state index contributed by atoms with van der Waals surface area (Å²) in [5.74, 6) is 0.390. The van der Waals surface area contributed by atoms with Crippen molar-refractivity contribution in [3.63, 3.8) is 0 Å². The molecule has 1 aromatic carbocycles. The minimum absolute atomic E-state index is 0.0776. The molecule has 0 bridgehead atoms. The van der Waals surface area contributed by atoms with Crippen LogP contribution in [0.5, 0.6) is 0 Å². The summed E-state index contributed by atoms with van der Waals surface area (Å²) in [7, 11) is -3.65. The quantitative estimate of drug-likeness (QED) is 0.930. The van der Waals surface area contributed by atoms with Gasteiger partial charge in [0.05, 0.1) is 4.90 Å². The Hall–Kier alpha value is -1.99.